The molecule has 0 bridgehead atoms. The summed E-state index contributed by atoms with van der Waals surface area (Å²) in [5, 5.41) is 11.6. The molecule has 5 atom stereocenters. The number of amides is 1. The quantitative estimate of drug-likeness (QED) is 0.183. The second kappa shape index (κ2) is 13.4. The van der Waals surface area contributed by atoms with Crippen LogP contribution in [0.2, 0.25) is 0 Å². The van der Waals surface area contributed by atoms with E-state index in [0.717, 1.165) is 72.2 Å². The maximum Gasteiger partial charge on any atom is 0.268 e. The Morgan fingerprint density at radius 1 is 0.884 bits per heavy atom. The third-order valence-corrected chi connectivity index (χ3v) is 9.41. The van der Waals surface area contributed by atoms with Gasteiger partial charge in [0.05, 0.1) is 0 Å². The zero-order chi connectivity index (χ0) is 29.8. The van der Waals surface area contributed by atoms with Gasteiger partial charge in [-0.15, -0.1) is 0 Å². The van der Waals surface area contributed by atoms with Gasteiger partial charge in [-0.25, -0.2) is 0 Å². The molecule has 2 saturated heterocycles. The number of hydrogen-bond donors (Lipinski definition) is 3. The molecular weight excluding hydrogens is 532 g/mol. The highest BCUT2D eigenvalue weighted by Crippen LogP contribution is 2.42. The lowest BCUT2D eigenvalue weighted by Crippen LogP contribution is -2.36. The van der Waals surface area contributed by atoms with Crippen LogP contribution in [0, 0.1) is 0 Å². The summed E-state index contributed by atoms with van der Waals surface area (Å²) in [5.41, 5.74) is 5.26. The summed E-state index contributed by atoms with van der Waals surface area (Å²) in [6.07, 6.45) is 5.62. The lowest BCUT2D eigenvalue weighted by atomic mass is 9.83. The van der Waals surface area contributed by atoms with Crippen molar-refractivity contribution < 1.29 is 9.53 Å². The number of rotatable bonds is 11. The number of fused-ring (bicyclic) bond motifs is 1. The maximum atomic E-state index is 14.2. The Morgan fingerprint density at radius 3 is 2.21 bits per heavy atom. The molecule has 1 aromatic heterocycles. The van der Waals surface area contributed by atoms with E-state index in [1.165, 1.54) is 12.0 Å². The molecule has 5 unspecified atom stereocenters. The molecule has 4 aromatic rings. The number of nitrogens with zero attached hydrogens (tertiary/aromatic N) is 1. The van der Waals surface area contributed by atoms with Crippen LogP contribution in [-0.4, -0.2) is 48.3 Å². The monoisotopic (exact) mass is 578 g/mol. The lowest BCUT2D eigenvalue weighted by molar-refractivity contribution is 0.0941. The molecule has 0 saturated carbocycles. The Hall–Kier alpha value is -3.61. The highest BCUT2D eigenvalue weighted by atomic mass is 16.5. The second-order valence-corrected chi connectivity index (χ2v) is 12.3. The van der Waals surface area contributed by atoms with Gasteiger partial charge >= 0.3 is 0 Å². The van der Waals surface area contributed by atoms with Crippen molar-refractivity contribution in [1.82, 2.24) is 20.5 Å². The summed E-state index contributed by atoms with van der Waals surface area (Å²) in [4.78, 5) is 14.2. The van der Waals surface area contributed by atoms with Gasteiger partial charge in [0.1, 0.15) is 17.5 Å². The summed E-state index contributed by atoms with van der Waals surface area (Å²) in [6.45, 7) is 9.25. The van der Waals surface area contributed by atoms with Crippen LogP contribution >= 0.6 is 0 Å². The number of para-hydroxylation sites is 1. The predicted octanol–water partition coefficient (Wildman–Crippen LogP) is 6.79. The van der Waals surface area contributed by atoms with Gasteiger partial charge in [-0.2, -0.15) is 0 Å². The van der Waals surface area contributed by atoms with E-state index >= 15 is 0 Å². The molecule has 2 fully saturated rings. The minimum atomic E-state index is -0.124. The molecule has 6 heteroatoms. The lowest BCUT2D eigenvalue weighted by Gasteiger charge is -2.26. The molecule has 2 aliphatic heterocycles. The molecular formula is C37H46N4O2. The fourth-order valence-corrected chi connectivity index (χ4v) is 7.18. The van der Waals surface area contributed by atoms with Crippen LogP contribution in [0.15, 0.2) is 78.9 Å². The van der Waals surface area contributed by atoms with E-state index in [9.17, 15) is 4.79 Å². The van der Waals surface area contributed by atoms with Crippen LogP contribution < -0.4 is 20.7 Å². The number of carbonyl (C=O) groups is 1. The van der Waals surface area contributed by atoms with Crippen molar-refractivity contribution >= 4 is 16.8 Å². The van der Waals surface area contributed by atoms with E-state index in [4.69, 9.17) is 4.74 Å². The zero-order valence-corrected chi connectivity index (χ0v) is 25.8. The third-order valence-electron chi connectivity index (χ3n) is 9.41. The third kappa shape index (κ3) is 6.09. The smallest absolute Gasteiger partial charge is 0.268 e. The van der Waals surface area contributed by atoms with Crippen molar-refractivity contribution in [2.24, 2.45) is 0 Å². The minimum absolute atomic E-state index is 0.00308. The summed E-state index contributed by atoms with van der Waals surface area (Å²) in [6, 6.07) is 28.6. The first-order valence-electron chi connectivity index (χ1n) is 16.3. The highest BCUT2D eigenvalue weighted by molar-refractivity contribution is 6.03. The fraction of sp³-hybridized carbons (Fsp3) is 0.432. The van der Waals surface area contributed by atoms with Gasteiger partial charge in [-0.05, 0) is 88.4 Å². The van der Waals surface area contributed by atoms with Gasteiger partial charge in [0.2, 0.25) is 0 Å². The largest absolute Gasteiger partial charge is 0.489 e. The van der Waals surface area contributed by atoms with E-state index in [0.29, 0.717) is 18.6 Å². The molecule has 43 heavy (non-hydrogen) atoms. The van der Waals surface area contributed by atoms with Gasteiger partial charge in [0.25, 0.3) is 5.91 Å². The number of carbonyl (C=O) groups excluding carboxylic acids is 1. The molecule has 3 heterocycles. The van der Waals surface area contributed by atoms with Crippen LogP contribution in [0.5, 0.6) is 5.75 Å². The molecule has 3 aromatic carbocycles. The van der Waals surface area contributed by atoms with Crippen molar-refractivity contribution in [3.63, 3.8) is 0 Å². The maximum absolute atomic E-state index is 14.2. The number of aromatic nitrogens is 1. The zero-order valence-electron chi connectivity index (χ0n) is 25.8. The Balaban J connectivity index is 1.49. The Morgan fingerprint density at radius 2 is 1.53 bits per heavy atom. The molecule has 6 nitrogen and oxygen atoms in total. The number of benzene rings is 3. The van der Waals surface area contributed by atoms with E-state index < -0.39 is 0 Å². The first-order chi connectivity index (χ1) is 21.1. The molecule has 1 amide bonds. The molecule has 0 aliphatic carbocycles. The molecule has 0 spiro atoms. The first-order valence-corrected chi connectivity index (χ1v) is 16.3. The summed E-state index contributed by atoms with van der Waals surface area (Å²) >= 11 is 0. The van der Waals surface area contributed by atoms with Crippen molar-refractivity contribution in [2.75, 3.05) is 19.6 Å². The van der Waals surface area contributed by atoms with Crippen LogP contribution in [0.25, 0.3) is 10.9 Å². The average Bonchev–Trinajstić information content (AvgIpc) is 3.83. The Bertz CT molecular complexity index is 1500. The second-order valence-electron chi connectivity index (χ2n) is 12.3. The predicted molar refractivity (Wildman–Crippen MR) is 175 cm³/mol. The van der Waals surface area contributed by atoms with Crippen molar-refractivity contribution in [3.05, 3.63) is 101 Å². The van der Waals surface area contributed by atoms with Gasteiger partial charge in [0, 0.05) is 47.1 Å². The number of nitrogens with one attached hydrogen (secondary N) is 3. The topological polar surface area (TPSA) is 67.3 Å². The Kier molecular flexibility index (Phi) is 9.15. The minimum Gasteiger partial charge on any atom is -0.489 e. The van der Waals surface area contributed by atoms with Crippen LogP contribution in [0.3, 0.4) is 0 Å². The molecule has 226 valence electrons. The van der Waals surface area contributed by atoms with Crippen molar-refractivity contribution in [2.45, 2.75) is 83.0 Å². The van der Waals surface area contributed by atoms with Gasteiger partial charge < -0.3 is 25.3 Å². The molecule has 6 rings (SSSR count). The van der Waals surface area contributed by atoms with Crippen LogP contribution in [0.1, 0.15) is 92.0 Å². The summed E-state index contributed by atoms with van der Waals surface area (Å²) < 4.78 is 8.70. The standard InChI is InChI=1S/C37H46N4O2/c1-4-22-40-37(42)36-35(30-14-8-9-17-33(30)41(36)25(2)31-15-10-23-38-31)34(27-12-6-5-7-13-27)28-18-20-29(21-19-28)43-26(3)32-16-11-24-39-32/h5-9,12-14,17-21,25-26,31-32,34,38-39H,4,10-11,15-16,22-24H2,1-3H3,(H,40,42). The average molecular weight is 579 g/mol. The van der Waals surface area contributed by atoms with E-state index in [2.05, 4.69) is 120 Å². The molecule has 3 N–H and O–H groups in total. The normalized spacial score (nSPS) is 20.6. The van der Waals surface area contributed by atoms with Crippen LogP contribution in [-0.2, 0) is 0 Å². The SMILES string of the molecule is CCCNC(=O)c1c(C(c2ccccc2)c2ccc(OC(C)C3CCCN3)cc2)c2ccccc2n1C(C)C1CCCN1. The first kappa shape index (κ1) is 29.5. The van der Waals surface area contributed by atoms with Gasteiger partial charge in [0.15, 0.2) is 0 Å². The highest BCUT2D eigenvalue weighted by Gasteiger charge is 2.34. The number of hydrogen-bond acceptors (Lipinski definition) is 4. The summed E-state index contributed by atoms with van der Waals surface area (Å²) in [5.74, 6) is 0.749. The van der Waals surface area contributed by atoms with Gasteiger partial charge in [-0.1, -0.05) is 67.6 Å². The Labute approximate surface area is 256 Å². The summed E-state index contributed by atoms with van der Waals surface area (Å²) in [7, 11) is 0. The van der Waals surface area contributed by atoms with Crippen molar-refractivity contribution in [3.8, 4) is 5.75 Å². The van der Waals surface area contributed by atoms with E-state index in [1.54, 1.807) is 0 Å². The van der Waals surface area contributed by atoms with E-state index in [1.807, 2.05) is 0 Å². The van der Waals surface area contributed by atoms with Crippen molar-refractivity contribution in [1.29, 1.82) is 0 Å². The fourth-order valence-electron chi connectivity index (χ4n) is 7.18. The molecule has 2 aliphatic rings. The van der Waals surface area contributed by atoms with Gasteiger partial charge in [-0.3, -0.25) is 4.79 Å². The molecule has 0 radical (unpaired) electrons. The van der Waals surface area contributed by atoms with Crippen LogP contribution in [0.4, 0.5) is 0 Å². The van der Waals surface area contributed by atoms with E-state index in [-0.39, 0.29) is 24.0 Å². The number of ether oxygens (including phenoxy) is 1.